The van der Waals surface area contributed by atoms with Crippen molar-refractivity contribution in [1.82, 2.24) is 15.3 Å². The van der Waals surface area contributed by atoms with Gasteiger partial charge in [-0.15, -0.1) is 0 Å². The Morgan fingerprint density at radius 3 is 2.50 bits per heavy atom. The summed E-state index contributed by atoms with van der Waals surface area (Å²) in [6.07, 6.45) is 6.75. The van der Waals surface area contributed by atoms with Gasteiger partial charge in [-0.1, -0.05) is 29.8 Å². The van der Waals surface area contributed by atoms with Gasteiger partial charge in [-0.25, -0.2) is 9.97 Å². The Hall–Kier alpha value is -2.43. The van der Waals surface area contributed by atoms with Gasteiger partial charge in [-0.3, -0.25) is 4.79 Å². The molecule has 24 heavy (non-hydrogen) atoms. The van der Waals surface area contributed by atoms with Crippen molar-refractivity contribution in [1.29, 1.82) is 0 Å². The van der Waals surface area contributed by atoms with Crippen LogP contribution in [-0.4, -0.2) is 35.0 Å². The van der Waals surface area contributed by atoms with Gasteiger partial charge in [0.1, 0.15) is 0 Å². The van der Waals surface area contributed by atoms with Crippen LogP contribution in [0.3, 0.4) is 0 Å². The summed E-state index contributed by atoms with van der Waals surface area (Å²) in [5, 5.41) is 3.17. The van der Waals surface area contributed by atoms with Crippen LogP contribution in [0.25, 0.3) is 0 Å². The Morgan fingerprint density at radius 1 is 1.17 bits per heavy atom. The van der Waals surface area contributed by atoms with Crippen LogP contribution in [0.2, 0.25) is 0 Å². The molecular weight excluding hydrogens is 300 g/mol. The van der Waals surface area contributed by atoms with E-state index in [9.17, 15) is 4.79 Å². The molecule has 1 aromatic heterocycles. The maximum Gasteiger partial charge on any atom is 0.225 e. The monoisotopic (exact) mass is 324 g/mol. The van der Waals surface area contributed by atoms with Crippen molar-refractivity contribution < 1.29 is 4.79 Å². The first kappa shape index (κ1) is 16.4. The molecule has 0 bridgehead atoms. The fourth-order valence-electron chi connectivity index (χ4n) is 2.99. The van der Waals surface area contributed by atoms with E-state index in [0.717, 1.165) is 38.3 Å². The highest BCUT2D eigenvalue weighted by Gasteiger charge is 2.21. The summed E-state index contributed by atoms with van der Waals surface area (Å²) in [6.45, 7) is 3.84. The summed E-state index contributed by atoms with van der Waals surface area (Å²) >= 11 is 0. The minimum atomic E-state index is 0.144. The highest BCUT2D eigenvalue weighted by Crippen LogP contribution is 2.15. The minimum absolute atomic E-state index is 0.144. The zero-order valence-corrected chi connectivity index (χ0v) is 14.1. The number of nitrogens with one attached hydrogen (secondary N) is 1. The molecule has 1 N–H and O–H groups in total. The second-order valence-corrected chi connectivity index (χ2v) is 6.36. The van der Waals surface area contributed by atoms with Crippen molar-refractivity contribution in [2.24, 2.45) is 0 Å². The number of nitrogens with zero attached hydrogens (tertiary/aromatic N) is 3. The highest BCUT2D eigenvalue weighted by atomic mass is 16.1. The SMILES string of the molecule is Cc1ccc(CCC(=O)NC2CCN(c3ncccn3)CC2)cc1. The molecule has 0 spiro atoms. The van der Waals surface area contributed by atoms with Crippen LogP contribution in [0.15, 0.2) is 42.7 Å². The lowest BCUT2D eigenvalue weighted by Gasteiger charge is -2.32. The number of piperidine rings is 1. The Kier molecular flexibility index (Phi) is 5.41. The molecule has 0 saturated carbocycles. The molecule has 1 saturated heterocycles. The third-order valence-corrected chi connectivity index (χ3v) is 4.46. The molecule has 2 aromatic rings. The smallest absolute Gasteiger partial charge is 0.225 e. The summed E-state index contributed by atoms with van der Waals surface area (Å²) in [5.41, 5.74) is 2.46. The number of rotatable bonds is 5. The molecule has 126 valence electrons. The molecular formula is C19H24N4O. The van der Waals surface area contributed by atoms with Gasteiger partial charge in [0.2, 0.25) is 11.9 Å². The average Bonchev–Trinajstić information content (AvgIpc) is 2.63. The minimum Gasteiger partial charge on any atom is -0.353 e. The topological polar surface area (TPSA) is 58.1 Å². The van der Waals surface area contributed by atoms with Crippen LogP contribution < -0.4 is 10.2 Å². The second kappa shape index (κ2) is 7.90. The molecule has 1 fully saturated rings. The van der Waals surface area contributed by atoms with Crippen molar-refractivity contribution >= 4 is 11.9 Å². The highest BCUT2D eigenvalue weighted by molar-refractivity contribution is 5.76. The third-order valence-electron chi connectivity index (χ3n) is 4.46. The van der Waals surface area contributed by atoms with Gasteiger partial charge in [0.05, 0.1) is 0 Å². The molecule has 1 aliphatic heterocycles. The van der Waals surface area contributed by atoms with Crippen LogP contribution in [0.1, 0.15) is 30.4 Å². The number of amides is 1. The van der Waals surface area contributed by atoms with Crippen LogP contribution in [0.5, 0.6) is 0 Å². The molecule has 1 aliphatic rings. The van der Waals surface area contributed by atoms with E-state index in [2.05, 4.69) is 51.4 Å². The lowest BCUT2D eigenvalue weighted by Crippen LogP contribution is -2.45. The van der Waals surface area contributed by atoms with Gasteiger partial charge >= 0.3 is 0 Å². The fraction of sp³-hybridized carbons (Fsp3) is 0.421. The fourth-order valence-corrected chi connectivity index (χ4v) is 2.99. The number of aromatic nitrogens is 2. The Bertz CT molecular complexity index is 649. The van der Waals surface area contributed by atoms with E-state index in [4.69, 9.17) is 0 Å². The van der Waals surface area contributed by atoms with Gasteiger partial charge in [-0.05, 0) is 37.8 Å². The molecule has 5 heteroatoms. The van der Waals surface area contributed by atoms with E-state index >= 15 is 0 Å². The predicted octanol–water partition coefficient (Wildman–Crippen LogP) is 2.50. The number of hydrogen-bond donors (Lipinski definition) is 1. The van der Waals surface area contributed by atoms with Crippen LogP contribution in [0.4, 0.5) is 5.95 Å². The molecule has 5 nitrogen and oxygen atoms in total. The Morgan fingerprint density at radius 2 is 1.83 bits per heavy atom. The third kappa shape index (κ3) is 4.54. The summed E-state index contributed by atoms with van der Waals surface area (Å²) in [5.74, 6) is 0.923. The quantitative estimate of drug-likeness (QED) is 0.918. The van der Waals surface area contributed by atoms with Crippen molar-refractivity contribution in [3.63, 3.8) is 0 Å². The molecule has 1 aromatic carbocycles. The van der Waals surface area contributed by atoms with E-state index in [1.807, 2.05) is 6.07 Å². The lowest BCUT2D eigenvalue weighted by atomic mass is 10.0. The summed E-state index contributed by atoms with van der Waals surface area (Å²) in [4.78, 5) is 22.9. The van der Waals surface area contributed by atoms with E-state index in [0.29, 0.717) is 6.42 Å². The first-order chi connectivity index (χ1) is 11.7. The average molecular weight is 324 g/mol. The molecule has 0 atom stereocenters. The van der Waals surface area contributed by atoms with Gasteiger partial charge in [0.25, 0.3) is 0 Å². The molecule has 2 heterocycles. The summed E-state index contributed by atoms with van der Waals surface area (Å²) in [6, 6.07) is 10.5. The lowest BCUT2D eigenvalue weighted by molar-refractivity contribution is -0.121. The van der Waals surface area contributed by atoms with Crippen molar-refractivity contribution in [3.05, 3.63) is 53.9 Å². The Balaban J connectivity index is 1.41. The van der Waals surface area contributed by atoms with Crippen molar-refractivity contribution in [3.8, 4) is 0 Å². The number of benzene rings is 1. The number of carbonyl (C=O) groups excluding carboxylic acids is 1. The van der Waals surface area contributed by atoms with Gasteiger partial charge < -0.3 is 10.2 Å². The largest absolute Gasteiger partial charge is 0.353 e. The number of hydrogen-bond acceptors (Lipinski definition) is 4. The molecule has 3 rings (SSSR count). The number of anilines is 1. The molecule has 0 aliphatic carbocycles. The Labute approximate surface area is 143 Å². The zero-order valence-electron chi connectivity index (χ0n) is 14.1. The maximum absolute atomic E-state index is 12.2. The van der Waals surface area contributed by atoms with E-state index < -0.39 is 0 Å². The van der Waals surface area contributed by atoms with E-state index in [1.54, 1.807) is 12.4 Å². The van der Waals surface area contributed by atoms with Gasteiger partial charge in [0.15, 0.2) is 0 Å². The predicted molar refractivity (Wildman–Crippen MR) is 94.9 cm³/mol. The van der Waals surface area contributed by atoms with Crippen LogP contribution in [0, 0.1) is 6.92 Å². The first-order valence-corrected chi connectivity index (χ1v) is 8.57. The number of aryl methyl sites for hydroxylation is 2. The normalized spacial score (nSPS) is 15.3. The molecule has 0 unspecified atom stereocenters. The van der Waals surface area contributed by atoms with Gasteiger partial charge in [-0.2, -0.15) is 0 Å². The first-order valence-electron chi connectivity index (χ1n) is 8.57. The standard InChI is InChI=1S/C19H24N4O/c1-15-3-5-16(6-4-15)7-8-18(24)22-17-9-13-23(14-10-17)19-20-11-2-12-21-19/h2-6,11-12,17H,7-10,13-14H2,1H3,(H,22,24). The summed E-state index contributed by atoms with van der Waals surface area (Å²) in [7, 11) is 0. The molecule has 1 amide bonds. The van der Waals surface area contributed by atoms with Crippen LogP contribution >= 0.6 is 0 Å². The second-order valence-electron chi connectivity index (χ2n) is 6.36. The maximum atomic E-state index is 12.2. The van der Waals surface area contributed by atoms with Crippen molar-refractivity contribution in [2.45, 2.75) is 38.6 Å². The van der Waals surface area contributed by atoms with E-state index in [-0.39, 0.29) is 11.9 Å². The van der Waals surface area contributed by atoms with Crippen molar-refractivity contribution in [2.75, 3.05) is 18.0 Å². The zero-order chi connectivity index (χ0) is 16.8. The van der Waals surface area contributed by atoms with E-state index in [1.165, 1.54) is 11.1 Å². The van der Waals surface area contributed by atoms with Gasteiger partial charge in [0, 0.05) is 37.9 Å². The molecule has 0 radical (unpaired) electrons. The van der Waals surface area contributed by atoms with Crippen LogP contribution in [-0.2, 0) is 11.2 Å². The number of carbonyl (C=O) groups is 1. The summed E-state index contributed by atoms with van der Waals surface area (Å²) < 4.78 is 0.